The predicted molar refractivity (Wildman–Crippen MR) is 70.6 cm³/mol. The van der Waals surface area contributed by atoms with Crippen LogP contribution in [0.15, 0.2) is 42.6 Å². The van der Waals surface area contributed by atoms with Gasteiger partial charge in [0.1, 0.15) is 0 Å². The van der Waals surface area contributed by atoms with Gasteiger partial charge in [-0.25, -0.2) is 0 Å². The Kier molecular flexibility index (Phi) is 3.73. The molecule has 3 heteroatoms. The topological polar surface area (TPSA) is 50.9 Å². The number of benzene rings is 1. The highest BCUT2D eigenvalue weighted by Crippen LogP contribution is 2.14. The quantitative estimate of drug-likeness (QED) is 0.843. The van der Waals surface area contributed by atoms with Crippen LogP contribution in [0.1, 0.15) is 16.8 Å². The first-order valence-corrected chi connectivity index (χ1v) is 5.73. The van der Waals surface area contributed by atoms with Crippen LogP contribution in [0.3, 0.4) is 0 Å². The summed E-state index contributed by atoms with van der Waals surface area (Å²) < 4.78 is 0. The maximum absolute atomic E-state index is 5.51. The molecule has 1 heterocycles. The summed E-state index contributed by atoms with van der Waals surface area (Å²) in [5.41, 5.74) is 10.00. The average Bonchev–Trinajstić information content (AvgIpc) is 2.38. The second-order valence-corrected chi connectivity index (χ2v) is 4.03. The molecule has 2 aromatic rings. The molecule has 0 aliphatic rings. The minimum atomic E-state index is 0.492. The van der Waals surface area contributed by atoms with E-state index in [-0.39, 0.29) is 0 Å². The average molecular weight is 227 g/mol. The Morgan fingerprint density at radius 1 is 1.18 bits per heavy atom. The number of hydrogen-bond acceptors (Lipinski definition) is 3. The van der Waals surface area contributed by atoms with Crippen molar-refractivity contribution < 1.29 is 0 Å². The van der Waals surface area contributed by atoms with E-state index < -0.39 is 0 Å². The van der Waals surface area contributed by atoms with E-state index in [9.17, 15) is 0 Å². The zero-order chi connectivity index (χ0) is 12.1. The van der Waals surface area contributed by atoms with Gasteiger partial charge in [-0.2, -0.15) is 0 Å². The highest BCUT2D eigenvalue weighted by atomic mass is 14.9. The maximum Gasteiger partial charge on any atom is 0.0539 e. The number of hydrogen-bond donors (Lipinski definition) is 2. The number of nitrogens with one attached hydrogen (secondary N) is 1. The number of nitrogens with zero attached hydrogens (tertiary/aromatic N) is 1. The van der Waals surface area contributed by atoms with Crippen molar-refractivity contribution in [1.29, 1.82) is 0 Å². The number of aryl methyl sites for hydroxylation is 1. The molecule has 3 N–H and O–H groups in total. The summed E-state index contributed by atoms with van der Waals surface area (Å²) in [6, 6.07) is 12.3. The van der Waals surface area contributed by atoms with E-state index >= 15 is 0 Å². The van der Waals surface area contributed by atoms with Gasteiger partial charge in [0.2, 0.25) is 0 Å². The van der Waals surface area contributed by atoms with Crippen LogP contribution >= 0.6 is 0 Å². The molecular weight excluding hydrogens is 210 g/mol. The molecule has 1 aromatic carbocycles. The van der Waals surface area contributed by atoms with Gasteiger partial charge < -0.3 is 11.1 Å². The lowest BCUT2D eigenvalue weighted by molar-refractivity contribution is 0.973. The third-order valence-corrected chi connectivity index (χ3v) is 2.72. The number of rotatable bonds is 4. The van der Waals surface area contributed by atoms with Crippen molar-refractivity contribution in [2.45, 2.75) is 20.0 Å². The maximum atomic E-state index is 5.51. The molecule has 0 atom stereocenters. The van der Waals surface area contributed by atoms with Gasteiger partial charge in [-0.3, -0.25) is 4.98 Å². The van der Waals surface area contributed by atoms with E-state index in [4.69, 9.17) is 5.73 Å². The van der Waals surface area contributed by atoms with Gasteiger partial charge in [-0.05, 0) is 30.2 Å². The molecule has 1 aromatic heterocycles. The van der Waals surface area contributed by atoms with Crippen molar-refractivity contribution in [3.05, 3.63) is 59.4 Å². The Labute approximate surface area is 102 Å². The Morgan fingerprint density at radius 2 is 2.00 bits per heavy atom. The summed E-state index contributed by atoms with van der Waals surface area (Å²) in [4.78, 5) is 4.27. The van der Waals surface area contributed by atoms with Crippen molar-refractivity contribution in [3.8, 4) is 0 Å². The lowest BCUT2D eigenvalue weighted by Crippen LogP contribution is -2.03. The third-order valence-electron chi connectivity index (χ3n) is 2.72. The minimum absolute atomic E-state index is 0.492. The molecule has 0 bridgehead atoms. The molecule has 0 amide bonds. The van der Waals surface area contributed by atoms with Gasteiger partial charge in [0.05, 0.1) is 5.69 Å². The molecule has 0 aliphatic heterocycles. The monoisotopic (exact) mass is 227 g/mol. The van der Waals surface area contributed by atoms with Crippen LogP contribution in [-0.4, -0.2) is 4.98 Å². The molecule has 0 aliphatic carbocycles. The van der Waals surface area contributed by atoms with Gasteiger partial charge in [0.25, 0.3) is 0 Å². The first-order chi connectivity index (χ1) is 8.29. The van der Waals surface area contributed by atoms with Crippen LogP contribution in [0.5, 0.6) is 0 Å². The Balaban J connectivity index is 2.00. The molecule has 0 unspecified atom stereocenters. The largest absolute Gasteiger partial charge is 0.381 e. The minimum Gasteiger partial charge on any atom is -0.381 e. The van der Waals surface area contributed by atoms with E-state index in [2.05, 4.69) is 35.4 Å². The number of nitrogens with two attached hydrogens (primary N) is 1. The molecule has 17 heavy (non-hydrogen) atoms. The van der Waals surface area contributed by atoms with Crippen LogP contribution in [0, 0.1) is 6.92 Å². The summed E-state index contributed by atoms with van der Waals surface area (Å²) in [7, 11) is 0. The second kappa shape index (κ2) is 5.46. The molecular formula is C14H17N3. The van der Waals surface area contributed by atoms with Crippen LogP contribution in [0.2, 0.25) is 0 Å². The molecule has 0 saturated heterocycles. The highest BCUT2D eigenvalue weighted by molar-refractivity contribution is 5.50. The van der Waals surface area contributed by atoms with Crippen molar-refractivity contribution in [1.82, 2.24) is 4.98 Å². The van der Waals surface area contributed by atoms with Crippen molar-refractivity contribution in [3.63, 3.8) is 0 Å². The van der Waals surface area contributed by atoms with E-state index in [1.807, 2.05) is 24.4 Å². The lowest BCUT2D eigenvalue weighted by Gasteiger charge is -2.09. The molecule has 88 valence electrons. The summed E-state index contributed by atoms with van der Waals surface area (Å²) in [5, 5.41) is 3.40. The second-order valence-electron chi connectivity index (χ2n) is 4.03. The van der Waals surface area contributed by atoms with Gasteiger partial charge in [-0.15, -0.1) is 0 Å². The van der Waals surface area contributed by atoms with Crippen LogP contribution in [-0.2, 0) is 13.1 Å². The summed E-state index contributed by atoms with van der Waals surface area (Å²) in [6.07, 6.45) is 1.87. The van der Waals surface area contributed by atoms with Gasteiger partial charge in [0.15, 0.2) is 0 Å². The van der Waals surface area contributed by atoms with Gasteiger partial charge in [-0.1, -0.05) is 24.3 Å². The molecule has 0 saturated carbocycles. The SMILES string of the molecule is Cc1ccccc1NCc1ccc(CN)nc1. The molecule has 0 fully saturated rings. The fourth-order valence-electron chi connectivity index (χ4n) is 1.65. The standard InChI is InChI=1S/C14H17N3/c1-11-4-2-3-5-14(11)17-10-12-6-7-13(8-15)16-9-12/h2-7,9,17H,8,10,15H2,1H3. The number of anilines is 1. The Hall–Kier alpha value is -1.87. The highest BCUT2D eigenvalue weighted by Gasteiger charge is 1.97. The molecule has 3 nitrogen and oxygen atoms in total. The normalized spacial score (nSPS) is 10.2. The van der Waals surface area contributed by atoms with E-state index in [1.54, 1.807) is 0 Å². The molecule has 0 spiro atoms. The van der Waals surface area contributed by atoms with Crippen LogP contribution < -0.4 is 11.1 Å². The van der Waals surface area contributed by atoms with Gasteiger partial charge in [0, 0.05) is 25.0 Å². The van der Waals surface area contributed by atoms with Gasteiger partial charge >= 0.3 is 0 Å². The Bertz CT molecular complexity index is 477. The van der Waals surface area contributed by atoms with Crippen molar-refractivity contribution >= 4 is 5.69 Å². The smallest absolute Gasteiger partial charge is 0.0539 e. The summed E-state index contributed by atoms with van der Waals surface area (Å²) in [6.45, 7) is 3.37. The third kappa shape index (κ3) is 3.04. The van der Waals surface area contributed by atoms with Crippen LogP contribution in [0.4, 0.5) is 5.69 Å². The molecule has 2 rings (SSSR count). The summed E-state index contributed by atoms with van der Waals surface area (Å²) >= 11 is 0. The zero-order valence-electron chi connectivity index (χ0n) is 9.98. The first kappa shape index (κ1) is 11.6. The van der Waals surface area contributed by atoms with Crippen molar-refractivity contribution in [2.75, 3.05) is 5.32 Å². The van der Waals surface area contributed by atoms with E-state index in [0.717, 1.165) is 23.5 Å². The van der Waals surface area contributed by atoms with E-state index in [0.29, 0.717) is 6.54 Å². The fraction of sp³-hybridized carbons (Fsp3) is 0.214. The number of para-hydroxylation sites is 1. The van der Waals surface area contributed by atoms with E-state index in [1.165, 1.54) is 5.56 Å². The lowest BCUT2D eigenvalue weighted by atomic mass is 10.2. The first-order valence-electron chi connectivity index (χ1n) is 5.73. The fourth-order valence-corrected chi connectivity index (χ4v) is 1.65. The predicted octanol–water partition coefficient (Wildman–Crippen LogP) is 2.46. The summed E-state index contributed by atoms with van der Waals surface area (Å²) in [5.74, 6) is 0. The van der Waals surface area contributed by atoms with Crippen LogP contribution in [0.25, 0.3) is 0 Å². The molecule has 0 radical (unpaired) electrons. The Morgan fingerprint density at radius 3 is 2.65 bits per heavy atom. The number of aromatic nitrogens is 1. The van der Waals surface area contributed by atoms with Crippen molar-refractivity contribution in [2.24, 2.45) is 5.73 Å². The number of pyridine rings is 1. The zero-order valence-corrected chi connectivity index (χ0v) is 9.98.